The number of ether oxygens (including phenoxy) is 1. The molecule has 1 aromatic heterocycles. The molecule has 0 bridgehead atoms. The molecule has 0 fully saturated rings. The van der Waals surface area contributed by atoms with Gasteiger partial charge in [-0.3, -0.25) is 0 Å². The van der Waals surface area contributed by atoms with E-state index < -0.39 is 5.97 Å². The predicted octanol–water partition coefficient (Wildman–Crippen LogP) is 2.64. The molecule has 6 nitrogen and oxygen atoms in total. The van der Waals surface area contributed by atoms with E-state index in [1.54, 1.807) is 18.2 Å². The monoisotopic (exact) mass is 332 g/mol. The second kappa shape index (κ2) is 6.12. The average molecular weight is 333 g/mol. The highest BCUT2D eigenvalue weighted by atomic mass is 79.9. The highest BCUT2D eigenvalue weighted by molar-refractivity contribution is 9.10. The quantitative estimate of drug-likeness (QED) is 0.869. The highest BCUT2D eigenvalue weighted by Gasteiger charge is 2.08. The molecule has 2 aromatic rings. The SMILES string of the molecule is COC(=O)c1cnc(Nc2cc(Br)ccc2C#N)cn1. The second-order valence-corrected chi connectivity index (χ2v) is 4.62. The summed E-state index contributed by atoms with van der Waals surface area (Å²) >= 11 is 3.33. The number of halogens is 1. The first-order valence-electron chi connectivity index (χ1n) is 5.51. The number of nitrogens with zero attached hydrogens (tertiary/aromatic N) is 3. The fourth-order valence-corrected chi connectivity index (χ4v) is 1.82. The minimum atomic E-state index is -0.552. The van der Waals surface area contributed by atoms with E-state index in [4.69, 9.17) is 5.26 Å². The summed E-state index contributed by atoms with van der Waals surface area (Å²) in [4.78, 5) is 19.2. The Kier molecular flexibility index (Phi) is 4.27. The van der Waals surface area contributed by atoms with Crippen molar-refractivity contribution in [1.29, 1.82) is 5.26 Å². The molecule has 0 amide bonds. The third-order valence-corrected chi connectivity index (χ3v) is 2.90. The number of anilines is 2. The van der Waals surface area contributed by atoms with E-state index in [0.717, 1.165) is 4.47 Å². The Labute approximate surface area is 123 Å². The molecule has 0 radical (unpaired) electrons. The summed E-state index contributed by atoms with van der Waals surface area (Å²) in [5.74, 6) is -0.128. The minimum absolute atomic E-state index is 0.118. The summed E-state index contributed by atoms with van der Waals surface area (Å²) < 4.78 is 5.37. The molecule has 0 saturated carbocycles. The number of hydrogen-bond donors (Lipinski definition) is 1. The molecule has 0 unspecified atom stereocenters. The molecule has 2 rings (SSSR count). The van der Waals surface area contributed by atoms with Gasteiger partial charge in [0.15, 0.2) is 5.69 Å². The fourth-order valence-electron chi connectivity index (χ4n) is 1.46. The van der Waals surface area contributed by atoms with Crippen molar-refractivity contribution in [3.05, 3.63) is 46.3 Å². The van der Waals surface area contributed by atoms with Crippen LogP contribution in [0.3, 0.4) is 0 Å². The van der Waals surface area contributed by atoms with Gasteiger partial charge in [0.2, 0.25) is 0 Å². The van der Waals surface area contributed by atoms with Crippen LogP contribution in [-0.2, 0) is 4.74 Å². The summed E-state index contributed by atoms with van der Waals surface area (Å²) in [6.45, 7) is 0. The summed E-state index contributed by atoms with van der Waals surface area (Å²) in [5, 5.41) is 12.0. The second-order valence-electron chi connectivity index (χ2n) is 3.71. The van der Waals surface area contributed by atoms with E-state index in [0.29, 0.717) is 17.1 Å². The maximum Gasteiger partial charge on any atom is 0.358 e. The fraction of sp³-hybridized carbons (Fsp3) is 0.0769. The lowest BCUT2D eigenvalue weighted by Crippen LogP contribution is -2.06. The van der Waals surface area contributed by atoms with Crippen LogP contribution in [0.15, 0.2) is 35.1 Å². The number of benzene rings is 1. The van der Waals surface area contributed by atoms with Gasteiger partial charge in [-0.05, 0) is 18.2 Å². The van der Waals surface area contributed by atoms with E-state index in [2.05, 4.69) is 42.0 Å². The van der Waals surface area contributed by atoms with Gasteiger partial charge in [0, 0.05) is 4.47 Å². The standard InChI is InChI=1S/C13H9BrN4O2/c1-20-13(19)11-6-17-12(7-16-11)18-10-4-9(14)3-2-8(10)5-15/h2-4,6-7H,1H3,(H,17,18). The highest BCUT2D eigenvalue weighted by Crippen LogP contribution is 2.23. The first-order valence-corrected chi connectivity index (χ1v) is 6.30. The summed E-state index contributed by atoms with van der Waals surface area (Å²) in [5.41, 5.74) is 1.20. The largest absolute Gasteiger partial charge is 0.464 e. The molecule has 0 saturated heterocycles. The Hall–Kier alpha value is -2.46. The Bertz CT molecular complexity index is 680. The number of nitrogens with one attached hydrogen (secondary N) is 1. The normalized spacial score (nSPS) is 9.65. The van der Waals surface area contributed by atoms with Crippen molar-refractivity contribution in [2.45, 2.75) is 0 Å². The van der Waals surface area contributed by atoms with Gasteiger partial charge in [-0.15, -0.1) is 0 Å². The number of methoxy groups -OCH3 is 1. The number of aromatic nitrogens is 2. The number of esters is 1. The lowest BCUT2D eigenvalue weighted by molar-refractivity contribution is 0.0593. The van der Waals surface area contributed by atoms with Crippen LogP contribution in [0.2, 0.25) is 0 Å². The maximum atomic E-state index is 11.2. The molecular formula is C13H9BrN4O2. The van der Waals surface area contributed by atoms with Crippen molar-refractivity contribution < 1.29 is 9.53 Å². The number of carbonyl (C=O) groups is 1. The van der Waals surface area contributed by atoms with Crippen molar-refractivity contribution >= 4 is 33.4 Å². The van der Waals surface area contributed by atoms with E-state index in [-0.39, 0.29) is 5.69 Å². The first-order chi connectivity index (χ1) is 9.63. The van der Waals surface area contributed by atoms with Crippen molar-refractivity contribution in [1.82, 2.24) is 9.97 Å². The number of hydrogen-bond acceptors (Lipinski definition) is 6. The molecule has 1 aromatic carbocycles. The third kappa shape index (κ3) is 3.10. The molecule has 0 aliphatic rings. The van der Waals surface area contributed by atoms with Crippen LogP contribution >= 0.6 is 15.9 Å². The molecule has 7 heteroatoms. The minimum Gasteiger partial charge on any atom is -0.464 e. The van der Waals surface area contributed by atoms with Crippen LogP contribution in [0.1, 0.15) is 16.1 Å². The van der Waals surface area contributed by atoms with Gasteiger partial charge in [-0.25, -0.2) is 14.8 Å². The number of carbonyl (C=O) groups excluding carboxylic acids is 1. The van der Waals surface area contributed by atoms with Crippen LogP contribution in [0, 0.1) is 11.3 Å². The van der Waals surface area contributed by atoms with Gasteiger partial charge in [-0.1, -0.05) is 15.9 Å². The number of rotatable bonds is 3. The zero-order chi connectivity index (χ0) is 14.5. The van der Waals surface area contributed by atoms with Crippen molar-refractivity contribution in [2.75, 3.05) is 12.4 Å². The van der Waals surface area contributed by atoms with Gasteiger partial charge >= 0.3 is 5.97 Å². The van der Waals surface area contributed by atoms with Crippen LogP contribution in [0.5, 0.6) is 0 Å². The van der Waals surface area contributed by atoms with Crippen LogP contribution in [0.4, 0.5) is 11.5 Å². The Morgan fingerprint density at radius 1 is 1.40 bits per heavy atom. The van der Waals surface area contributed by atoms with Gasteiger partial charge in [0.25, 0.3) is 0 Å². The lowest BCUT2D eigenvalue weighted by atomic mass is 10.2. The van der Waals surface area contributed by atoms with E-state index in [9.17, 15) is 4.79 Å². The molecule has 20 heavy (non-hydrogen) atoms. The molecule has 1 heterocycles. The third-order valence-electron chi connectivity index (χ3n) is 2.41. The smallest absolute Gasteiger partial charge is 0.358 e. The summed E-state index contributed by atoms with van der Waals surface area (Å²) in [6.07, 6.45) is 2.70. The van der Waals surface area contributed by atoms with Gasteiger partial charge < -0.3 is 10.1 Å². The molecule has 1 N–H and O–H groups in total. The van der Waals surface area contributed by atoms with Crippen LogP contribution < -0.4 is 5.32 Å². The zero-order valence-electron chi connectivity index (χ0n) is 10.4. The van der Waals surface area contributed by atoms with Gasteiger partial charge in [-0.2, -0.15) is 5.26 Å². The molecule has 0 aliphatic carbocycles. The van der Waals surface area contributed by atoms with Crippen LogP contribution in [-0.4, -0.2) is 23.0 Å². The Balaban J connectivity index is 2.25. The van der Waals surface area contributed by atoms with E-state index in [1.165, 1.54) is 19.5 Å². The summed E-state index contributed by atoms with van der Waals surface area (Å²) in [6, 6.07) is 7.29. The zero-order valence-corrected chi connectivity index (χ0v) is 12.0. The Morgan fingerprint density at radius 3 is 2.80 bits per heavy atom. The van der Waals surface area contributed by atoms with E-state index in [1.807, 2.05) is 0 Å². The summed E-state index contributed by atoms with van der Waals surface area (Å²) in [7, 11) is 1.27. The van der Waals surface area contributed by atoms with Gasteiger partial charge in [0.1, 0.15) is 11.9 Å². The predicted molar refractivity (Wildman–Crippen MR) is 75.5 cm³/mol. The van der Waals surface area contributed by atoms with Crippen molar-refractivity contribution in [2.24, 2.45) is 0 Å². The molecular weight excluding hydrogens is 324 g/mol. The topological polar surface area (TPSA) is 87.9 Å². The Morgan fingerprint density at radius 2 is 2.20 bits per heavy atom. The molecule has 0 aliphatic heterocycles. The van der Waals surface area contributed by atoms with Crippen LogP contribution in [0.25, 0.3) is 0 Å². The first kappa shape index (κ1) is 14.0. The van der Waals surface area contributed by atoms with Gasteiger partial charge in [0.05, 0.1) is 30.8 Å². The lowest BCUT2D eigenvalue weighted by Gasteiger charge is -2.07. The molecule has 0 spiro atoms. The molecule has 100 valence electrons. The van der Waals surface area contributed by atoms with E-state index >= 15 is 0 Å². The molecule has 0 atom stereocenters. The van der Waals surface area contributed by atoms with Crippen molar-refractivity contribution in [3.8, 4) is 6.07 Å². The maximum absolute atomic E-state index is 11.2. The average Bonchev–Trinajstić information content (AvgIpc) is 2.47. The van der Waals surface area contributed by atoms with Crippen molar-refractivity contribution in [3.63, 3.8) is 0 Å². The number of nitriles is 1.